The third kappa shape index (κ3) is 8.12. The fraction of sp³-hybridized carbons (Fsp3) is 1.00. The summed E-state index contributed by atoms with van der Waals surface area (Å²) in [4.78, 5) is 0. The van der Waals surface area contributed by atoms with Gasteiger partial charge in [-0.05, 0) is 12.8 Å². The minimum Gasteiger partial charge on any atom is -0.396 e. The predicted molar refractivity (Wildman–Crippen MR) is 68.5 cm³/mol. The molecule has 0 radical (unpaired) electrons. The van der Waals surface area contributed by atoms with Crippen LogP contribution in [0.5, 0.6) is 0 Å². The van der Waals surface area contributed by atoms with E-state index >= 15 is 0 Å². The van der Waals surface area contributed by atoms with E-state index < -0.39 is 0 Å². The quantitative estimate of drug-likeness (QED) is 0.402. The summed E-state index contributed by atoms with van der Waals surface area (Å²) in [6, 6.07) is 0. The zero-order valence-electron chi connectivity index (χ0n) is 9.91. The molecule has 2 nitrogen and oxygen atoms in total. The molecular formula is C12H26O2S. The zero-order chi connectivity index (χ0) is 11.6. The Labute approximate surface area is 99.5 Å². The van der Waals surface area contributed by atoms with Crippen LogP contribution in [0.25, 0.3) is 0 Å². The monoisotopic (exact) mass is 234 g/mol. The number of hydrogen-bond acceptors (Lipinski definition) is 3. The van der Waals surface area contributed by atoms with E-state index in [-0.39, 0.29) is 18.0 Å². The molecule has 1 unspecified atom stereocenters. The van der Waals surface area contributed by atoms with Crippen LogP contribution in [0.15, 0.2) is 0 Å². The second-order valence-corrected chi connectivity index (χ2v) is 5.32. The van der Waals surface area contributed by atoms with Gasteiger partial charge in [0.15, 0.2) is 0 Å². The van der Waals surface area contributed by atoms with Gasteiger partial charge in [-0.25, -0.2) is 0 Å². The SMILES string of the molecule is CCCCCCCCC(S)(CO)CCO. The molecule has 0 amide bonds. The minimum absolute atomic E-state index is 0.0611. The molecule has 0 aromatic rings. The van der Waals surface area contributed by atoms with Gasteiger partial charge < -0.3 is 10.2 Å². The Morgan fingerprint density at radius 1 is 0.933 bits per heavy atom. The molecule has 0 heterocycles. The fourth-order valence-electron chi connectivity index (χ4n) is 1.73. The summed E-state index contributed by atoms with van der Waals surface area (Å²) in [5, 5.41) is 18.0. The molecule has 0 bridgehead atoms. The van der Waals surface area contributed by atoms with Crippen LogP contribution in [-0.4, -0.2) is 28.2 Å². The highest BCUT2D eigenvalue weighted by Gasteiger charge is 2.22. The highest BCUT2D eigenvalue weighted by Crippen LogP contribution is 2.25. The topological polar surface area (TPSA) is 40.5 Å². The summed E-state index contributed by atoms with van der Waals surface area (Å²) >= 11 is 4.43. The van der Waals surface area contributed by atoms with Crippen LogP contribution in [-0.2, 0) is 0 Å². The summed E-state index contributed by atoms with van der Waals surface area (Å²) in [5.41, 5.74) is 0. The largest absolute Gasteiger partial charge is 0.396 e. The highest BCUT2D eigenvalue weighted by atomic mass is 32.1. The lowest BCUT2D eigenvalue weighted by Gasteiger charge is -2.25. The maximum Gasteiger partial charge on any atom is 0.0576 e. The van der Waals surface area contributed by atoms with Gasteiger partial charge >= 0.3 is 0 Å². The minimum atomic E-state index is -0.362. The van der Waals surface area contributed by atoms with Crippen molar-refractivity contribution in [2.75, 3.05) is 13.2 Å². The molecule has 0 fully saturated rings. The fourth-order valence-corrected chi connectivity index (χ4v) is 1.98. The van der Waals surface area contributed by atoms with Crippen LogP contribution in [0.2, 0.25) is 0 Å². The van der Waals surface area contributed by atoms with Gasteiger partial charge in [-0.1, -0.05) is 45.4 Å². The van der Waals surface area contributed by atoms with Crippen LogP contribution in [0.4, 0.5) is 0 Å². The van der Waals surface area contributed by atoms with E-state index in [9.17, 15) is 0 Å². The molecule has 0 saturated carbocycles. The van der Waals surface area contributed by atoms with Gasteiger partial charge in [-0.15, -0.1) is 0 Å². The molecule has 0 aromatic carbocycles. The number of unbranched alkanes of at least 4 members (excludes halogenated alkanes) is 5. The van der Waals surface area contributed by atoms with Crippen LogP contribution < -0.4 is 0 Å². The van der Waals surface area contributed by atoms with Crippen molar-refractivity contribution < 1.29 is 10.2 Å². The molecule has 0 aliphatic rings. The van der Waals surface area contributed by atoms with Crippen molar-refractivity contribution >= 4 is 12.6 Å². The van der Waals surface area contributed by atoms with Gasteiger partial charge in [0.25, 0.3) is 0 Å². The number of aliphatic hydroxyl groups is 2. The van der Waals surface area contributed by atoms with Gasteiger partial charge in [-0.3, -0.25) is 0 Å². The summed E-state index contributed by atoms with van der Waals surface area (Å²) in [6.07, 6.45) is 9.00. The number of hydrogen-bond donors (Lipinski definition) is 3. The van der Waals surface area contributed by atoms with Crippen LogP contribution >= 0.6 is 12.6 Å². The number of rotatable bonds is 10. The normalized spacial score (nSPS) is 15.2. The van der Waals surface area contributed by atoms with E-state index in [0.717, 1.165) is 12.8 Å². The van der Waals surface area contributed by atoms with E-state index in [1.54, 1.807) is 0 Å². The first-order valence-corrected chi connectivity index (χ1v) is 6.57. The van der Waals surface area contributed by atoms with Gasteiger partial charge in [0, 0.05) is 11.4 Å². The molecule has 0 saturated heterocycles. The van der Waals surface area contributed by atoms with Crippen molar-refractivity contribution in [3.05, 3.63) is 0 Å². The van der Waals surface area contributed by atoms with E-state index in [4.69, 9.17) is 10.2 Å². The summed E-state index contributed by atoms with van der Waals surface area (Å²) in [6.45, 7) is 2.39. The Bertz CT molecular complexity index is 142. The predicted octanol–water partition coefficient (Wildman–Crippen LogP) is 2.78. The molecule has 2 N–H and O–H groups in total. The zero-order valence-corrected chi connectivity index (χ0v) is 10.8. The number of thiol groups is 1. The van der Waals surface area contributed by atoms with E-state index in [1.165, 1.54) is 32.1 Å². The first-order chi connectivity index (χ1) is 7.18. The average Bonchev–Trinajstić information content (AvgIpc) is 2.24. The Morgan fingerprint density at radius 2 is 1.53 bits per heavy atom. The standard InChI is InChI=1S/C12H26O2S/c1-2-3-4-5-6-7-8-12(15,11-14)9-10-13/h13-15H,2-11H2,1H3. The maximum atomic E-state index is 9.17. The number of aliphatic hydroxyl groups excluding tert-OH is 2. The second-order valence-electron chi connectivity index (χ2n) is 4.37. The molecular weight excluding hydrogens is 208 g/mol. The smallest absolute Gasteiger partial charge is 0.0576 e. The van der Waals surface area contributed by atoms with Crippen LogP contribution in [0, 0.1) is 0 Å². The molecule has 1 atom stereocenters. The molecule has 0 aliphatic heterocycles. The summed E-state index contributed by atoms with van der Waals surface area (Å²) in [7, 11) is 0. The molecule has 3 heteroatoms. The third-order valence-electron chi connectivity index (χ3n) is 2.87. The highest BCUT2D eigenvalue weighted by molar-refractivity contribution is 7.81. The van der Waals surface area contributed by atoms with Crippen molar-refractivity contribution in [2.45, 2.75) is 63.0 Å². The second kappa shape index (κ2) is 9.49. The van der Waals surface area contributed by atoms with Gasteiger partial charge in [0.2, 0.25) is 0 Å². The molecule has 92 valence electrons. The van der Waals surface area contributed by atoms with Crippen molar-refractivity contribution in [3.8, 4) is 0 Å². The van der Waals surface area contributed by atoms with Crippen molar-refractivity contribution in [3.63, 3.8) is 0 Å². The van der Waals surface area contributed by atoms with Gasteiger partial charge in [0.05, 0.1) is 6.61 Å². The van der Waals surface area contributed by atoms with Crippen molar-refractivity contribution in [1.29, 1.82) is 0 Å². The lowest BCUT2D eigenvalue weighted by molar-refractivity contribution is 0.196. The Kier molecular flexibility index (Phi) is 9.66. The van der Waals surface area contributed by atoms with Gasteiger partial charge in [-0.2, -0.15) is 12.6 Å². The molecule has 0 spiro atoms. The van der Waals surface area contributed by atoms with E-state index in [2.05, 4.69) is 19.6 Å². The molecule has 0 aromatic heterocycles. The van der Waals surface area contributed by atoms with E-state index in [1.807, 2.05) is 0 Å². The van der Waals surface area contributed by atoms with Crippen LogP contribution in [0.1, 0.15) is 58.3 Å². The summed E-state index contributed by atoms with van der Waals surface area (Å²) < 4.78 is -0.362. The lowest BCUT2D eigenvalue weighted by Crippen LogP contribution is -2.27. The molecule has 0 rings (SSSR count). The van der Waals surface area contributed by atoms with Crippen LogP contribution in [0.3, 0.4) is 0 Å². The first-order valence-electron chi connectivity index (χ1n) is 6.12. The first kappa shape index (κ1) is 15.3. The lowest BCUT2D eigenvalue weighted by atomic mass is 9.97. The third-order valence-corrected chi connectivity index (χ3v) is 3.46. The average molecular weight is 234 g/mol. The molecule has 15 heavy (non-hydrogen) atoms. The Balaban J connectivity index is 3.46. The maximum absolute atomic E-state index is 9.17. The summed E-state index contributed by atoms with van der Waals surface area (Å²) in [5.74, 6) is 0. The van der Waals surface area contributed by atoms with E-state index in [0.29, 0.717) is 6.42 Å². The molecule has 0 aliphatic carbocycles. The Morgan fingerprint density at radius 3 is 2.07 bits per heavy atom. The van der Waals surface area contributed by atoms with Crippen molar-refractivity contribution in [2.24, 2.45) is 0 Å². The Hall–Kier alpha value is 0.270. The van der Waals surface area contributed by atoms with Crippen molar-refractivity contribution in [1.82, 2.24) is 0 Å². The van der Waals surface area contributed by atoms with Gasteiger partial charge in [0.1, 0.15) is 0 Å².